The first-order valence-corrected chi connectivity index (χ1v) is 13.2. The molecule has 2 saturated heterocycles. The number of carbonyl (C=O) groups excluding carboxylic acids is 1. The number of aromatic nitrogens is 2. The van der Waals surface area contributed by atoms with Gasteiger partial charge in [-0.2, -0.15) is 0 Å². The van der Waals surface area contributed by atoms with E-state index in [0.717, 1.165) is 19.3 Å². The molecular weight excluding hydrogens is 445 g/mol. The van der Waals surface area contributed by atoms with Crippen molar-refractivity contribution in [3.05, 3.63) is 12.4 Å². The summed E-state index contributed by atoms with van der Waals surface area (Å²) < 4.78 is 43.2. The number of hydrogen-bond acceptors (Lipinski definition) is 8. The van der Waals surface area contributed by atoms with Crippen molar-refractivity contribution in [3.63, 3.8) is 0 Å². The Morgan fingerprint density at radius 1 is 1.15 bits per heavy atom. The summed E-state index contributed by atoms with van der Waals surface area (Å²) in [5.41, 5.74) is -1.06. The average molecular weight is 481 g/mol. The average Bonchev–Trinajstić information content (AvgIpc) is 2.93. The molecule has 3 rings (SSSR count). The molecule has 0 aromatic carbocycles. The van der Waals surface area contributed by atoms with Crippen molar-refractivity contribution in [1.82, 2.24) is 14.9 Å². The third kappa shape index (κ3) is 6.05. The monoisotopic (exact) mass is 481 g/mol. The Balaban J connectivity index is 1.65. The number of ether oxygens (including phenoxy) is 1. The molecule has 2 fully saturated rings. The molecule has 2 aliphatic rings. The quantitative estimate of drug-likeness (QED) is 0.467. The van der Waals surface area contributed by atoms with Crippen LogP contribution < -0.4 is 5.46 Å². The zero-order valence-electron chi connectivity index (χ0n) is 20.8. The van der Waals surface area contributed by atoms with Gasteiger partial charge in [-0.05, 0) is 74.1 Å². The van der Waals surface area contributed by atoms with Crippen molar-refractivity contribution in [3.8, 4) is 0 Å². The van der Waals surface area contributed by atoms with Crippen molar-refractivity contribution in [2.75, 3.05) is 12.3 Å². The lowest BCUT2D eigenvalue weighted by molar-refractivity contribution is 0.00578. The van der Waals surface area contributed by atoms with Crippen molar-refractivity contribution >= 4 is 28.5 Å². The molecule has 11 heteroatoms. The number of sulfone groups is 1. The van der Waals surface area contributed by atoms with Crippen LogP contribution in [0, 0.1) is 0 Å². The van der Waals surface area contributed by atoms with Crippen molar-refractivity contribution in [2.24, 2.45) is 0 Å². The van der Waals surface area contributed by atoms with Gasteiger partial charge in [0.05, 0.1) is 17.0 Å². The van der Waals surface area contributed by atoms with Gasteiger partial charge in [0.25, 0.3) is 0 Å². The number of nitrogens with zero attached hydrogens (tertiary/aromatic N) is 3. The van der Waals surface area contributed by atoms with Gasteiger partial charge in [0.15, 0.2) is 0 Å². The van der Waals surface area contributed by atoms with E-state index in [2.05, 4.69) is 9.97 Å². The van der Waals surface area contributed by atoms with Gasteiger partial charge in [-0.25, -0.2) is 23.2 Å². The third-order valence-corrected chi connectivity index (χ3v) is 7.97. The van der Waals surface area contributed by atoms with E-state index in [-0.39, 0.29) is 17.0 Å². The number of piperidine rings is 1. The molecule has 0 spiro atoms. The predicted octanol–water partition coefficient (Wildman–Crippen LogP) is 2.73. The molecule has 0 saturated carbocycles. The largest absolute Gasteiger partial charge is 0.498 e. The van der Waals surface area contributed by atoms with E-state index in [1.807, 2.05) is 48.5 Å². The van der Waals surface area contributed by atoms with Crippen LogP contribution >= 0.6 is 0 Å². The fourth-order valence-electron chi connectivity index (χ4n) is 3.83. The van der Waals surface area contributed by atoms with E-state index in [4.69, 9.17) is 14.0 Å². The third-order valence-electron chi connectivity index (χ3n) is 6.43. The van der Waals surface area contributed by atoms with Crippen molar-refractivity contribution < 1.29 is 27.3 Å². The lowest BCUT2D eigenvalue weighted by Crippen LogP contribution is -2.46. The molecule has 3 heterocycles. The van der Waals surface area contributed by atoms with Gasteiger partial charge in [0, 0.05) is 30.4 Å². The molecule has 1 aromatic rings. The van der Waals surface area contributed by atoms with Gasteiger partial charge in [-0.1, -0.05) is 0 Å². The summed E-state index contributed by atoms with van der Waals surface area (Å²) in [5, 5.41) is -0.234. The molecule has 1 atom stereocenters. The topological polar surface area (TPSA) is 108 Å². The first-order valence-electron chi connectivity index (χ1n) is 11.5. The molecule has 9 nitrogen and oxygen atoms in total. The Morgan fingerprint density at radius 2 is 1.73 bits per heavy atom. The summed E-state index contributed by atoms with van der Waals surface area (Å²) >= 11 is 0. The molecule has 2 aliphatic heterocycles. The van der Waals surface area contributed by atoms with Crippen LogP contribution in [0.5, 0.6) is 0 Å². The SMILES string of the molecule is CC(C)(C)OC(=O)N1CCCC[C@H]1CCS(=O)(=O)c1ncc(B2OC(C)(C)C(C)(C)O2)cn1. The van der Waals surface area contributed by atoms with Crippen LogP contribution in [0.15, 0.2) is 17.6 Å². The molecule has 0 N–H and O–H groups in total. The summed E-state index contributed by atoms with van der Waals surface area (Å²) in [4.78, 5) is 22.4. The van der Waals surface area contributed by atoms with E-state index in [0.29, 0.717) is 18.4 Å². The number of amides is 1. The fraction of sp³-hybridized carbons (Fsp3) is 0.773. The van der Waals surface area contributed by atoms with Gasteiger partial charge >= 0.3 is 13.2 Å². The van der Waals surface area contributed by atoms with Crippen molar-refractivity contribution in [2.45, 2.75) is 102 Å². The number of likely N-dealkylation sites (tertiary alicyclic amines) is 1. The molecule has 184 valence electrons. The lowest BCUT2D eigenvalue weighted by atomic mass is 9.81. The minimum absolute atomic E-state index is 0.146. The minimum atomic E-state index is -3.71. The number of rotatable bonds is 5. The van der Waals surface area contributed by atoms with Crippen LogP contribution in [-0.4, -0.2) is 71.6 Å². The minimum Gasteiger partial charge on any atom is -0.444 e. The standard InChI is InChI=1S/C22H36BN3O6S/c1-20(2,3)30-19(27)26-12-9-8-10-17(26)11-13-33(28,29)18-24-14-16(15-25-18)23-31-21(4,5)22(6,7)32-23/h14-15,17H,8-13H2,1-7H3/t17-/m0/s1. The van der Waals surface area contributed by atoms with Crippen LogP contribution in [0.25, 0.3) is 0 Å². The highest BCUT2D eigenvalue weighted by molar-refractivity contribution is 7.91. The molecule has 0 bridgehead atoms. The molecule has 33 heavy (non-hydrogen) atoms. The first-order chi connectivity index (χ1) is 15.1. The summed E-state index contributed by atoms with van der Waals surface area (Å²) in [6, 6.07) is -0.188. The Bertz CT molecular complexity index is 943. The van der Waals surface area contributed by atoms with Gasteiger partial charge in [-0.15, -0.1) is 0 Å². The van der Waals surface area contributed by atoms with E-state index >= 15 is 0 Å². The van der Waals surface area contributed by atoms with Crippen molar-refractivity contribution in [1.29, 1.82) is 0 Å². The number of hydrogen-bond donors (Lipinski definition) is 0. The summed E-state index contributed by atoms with van der Waals surface area (Å²) in [5.74, 6) is -0.146. The van der Waals surface area contributed by atoms with E-state index in [1.165, 1.54) is 12.4 Å². The summed E-state index contributed by atoms with van der Waals surface area (Å²) in [6.45, 7) is 13.8. The second-order valence-electron chi connectivity index (χ2n) is 10.8. The van der Waals surface area contributed by atoms with Crippen LogP contribution in [0.1, 0.15) is 74.1 Å². The predicted molar refractivity (Wildman–Crippen MR) is 125 cm³/mol. The Kier molecular flexibility index (Phi) is 7.18. The maximum atomic E-state index is 12.9. The molecule has 1 aromatic heterocycles. The second kappa shape index (κ2) is 9.15. The highest BCUT2D eigenvalue weighted by Gasteiger charge is 2.52. The van der Waals surface area contributed by atoms with Gasteiger partial charge in [0.1, 0.15) is 5.60 Å². The van der Waals surface area contributed by atoms with Crippen LogP contribution in [0.3, 0.4) is 0 Å². The van der Waals surface area contributed by atoms with Gasteiger partial charge in [-0.3, -0.25) is 0 Å². The maximum absolute atomic E-state index is 12.9. The highest BCUT2D eigenvalue weighted by atomic mass is 32.2. The molecule has 0 aliphatic carbocycles. The lowest BCUT2D eigenvalue weighted by Gasteiger charge is -2.36. The number of carbonyl (C=O) groups is 1. The van der Waals surface area contributed by atoms with E-state index < -0.39 is 39.9 Å². The van der Waals surface area contributed by atoms with Gasteiger partial charge in [0.2, 0.25) is 15.0 Å². The van der Waals surface area contributed by atoms with Crippen LogP contribution in [-0.2, 0) is 23.9 Å². The summed E-state index contributed by atoms with van der Waals surface area (Å²) in [7, 11) is -4.37. The zero-order valence-corrected chi connectivity index (χ0v) is 21.6. The smallest absolute Gasteiger partial charge is 0.444 e. The van der Waals surface area contributed by atoms with E-state index in [1.54, 1.807) is 4.90 Å². The van der Waals surface area contributed by atoms with Crippen LogP contribution in [0.2, 0.25) is 0 Å². The fourth-order valence-corrected chi connectivity index (χ4v) is 5.02. The van der Waals surface area contributed by atoms with Gasteiger partial charge < -0.3 is 18.9 Å². The first kappa shape index (κ1) is 25.9. The summed E-state index contributed by atoms with van der Waals surface area (Å²) in [6.07, 6.45) is 5.37. The highest BCUT2D eigenvalue weighted by Crippen LogP contribution is 2.36. The molecule has 0 unspecified atom stereocenters. The molecular formula is C22H36BN3O6S. The zero-order chi connectivity index (χ0) is 24.7. The normalized spacial score (nSPS) is 22.9. The Hall–Kier alpha value is -1.72. The Labute approximate surface area is 197 Å². The molecule has 0 radical (unpaired) electrons. The van der Waals surface area contributed by atoms with Crippen LogP contribution in [0.4, 0.5) is 4.79 Å². The van der Waals surface area contributed by atoms with E-state index in [9.17, 15) is 13.2 Å². The Morgan fingerprint density at radius 3 is 2.27 bits per heavy atom. The molecule has 1 amide bonds. The maximum Gasteiger partial charge on any atom is 0.498 e. The second-order valence-corrected chi connectivity index (χ2v) is 12.8.